The van der Waals surface area contributed by atoms with Crippen LogP contribution in [0, 0.1) is 17.2 Å². The zero-order valence-corrected chi connectivity index (χ0v) is 17.8. The van der Waals surface area contributed by atoms with Gasteiger partial charge in [-0.2, -0.15) is 9.57 Å². The van der Waals surface area contributed by atoms with Gasteiger partial charge in [0.15, 0.2) is 0 Å². The van der Waals surface area contributed by atoms with E-state index in [-0.39, 0.29) is 22.3 Å². The molecule has 0 saturated carbocycles. The Hall–Kier alpha value is -1.82. The van der Waals surface area contributed by atoms with E-state index < -0.39 is 10.0 Å². The Labute approximate surface area is 180 Å². The number of benzene rings is 2. The third kappa shape index (κ3) is 4.23. The molecule has 0 spiro atoms. The van der Waals surface area contributed by atoms with Crippen molar-refractivity contribution in [1.29, 1.82) is 5.26 Å². The van der Waals surface area contributed by atoms with Crippen molar-refractivity contribution < 1.29 is 13.2 Å². The molecule has 2 aliphatic heterocycles. The summed E-state index contributed by atoms with van der Waals surface area (Å²) in [4.78, 5) is -0.0358. The standard InChI is InChI=1S/C20H19Cl2N3O3S/c21-15-7-16(22)9-17(8-15)28-19-4-3-13(10-23)6-20(19)29(26,27)25-11-14-2-1-5-24-18(14)12-25/h3-4,6-9,14,18,24H,1-2,5,11-12H2/t14-,18+/m1/s1. The van der Waals surface area contributed by atoms with Crippen LogP contribution in [0.1, 0.15) is 18.4 Å². The van der Waals surface area contributed by atoms with Crippen LogP contribution in [0.3, 0.4) is 0 Å². The van der Waals surface area contributed by atoms with Gasteiger partial charge in [-0.25, -0.2) is 8.42 Å². The summed E-state index contributed by atoms with van der Waals surface area (Å²) in [5.41, 5.74) is 0.245. The molecule has 2 saturated heterocycles. The minimum Gasteiger partial charge on any atom is -0.456 e. The first-order chi connectivity index (χ1) is 13.9. The van der Waals surface area contributed by atoms with Crippen molar-refractivity contribution >= 4 is 33.2 Å². The summed E-state index contributed by atoms with van der Waals surface area (Å²) < 4.78 is 34.2. The van der Waals surface area contributed by atoms with Crippen molar-refractivity contribution in [3.63, 3.8) is 0 Å². The molecule has 29 heavy (non-hydrogen) atoms. The molecular formula is C20H19Cl2N3O3S. The molecule has 2 aromatic carbocycles. The molecule has 1 N–H and O–H groups in total. The van der Waals surface area contributed by atoms with Crippen molar-refractivity contribution in [1.82, 2.24) is 9.62 Å². The molecule has 2 heterocycles. The highest BCUT2D eigenvalue weighted by molar-refractivity contribution is 7.89. The minimum absolute atomic E-state index is 0.0358. The van der Waals surface area contributed by atoms with Gasteiger partial charge in [-0.15, -0.1) is 0 Å². The molecule has 2 atom stereocenters. The van der Waals surface area contributed by atoms with E-state index in [9.17, 15) is 13.7 Å². The lowest BCUT2D eigenvalue weighted by atomic mass is 9.94. The van der Waals surface area contributed by atoms with Crippen molar-refractivity contribution in [2.24, 2.45) is 5.92 Å². The Morgan fingerprint density at radius 3 is 2.59 bits per heavy atom. The lowest BCUT2D eigenvalue weighted by Gasteiger charge is -2.24. The number of nitrogens with one attached hydrogen (secondary N) is 1. The highest BCUT2D eigenvalue weighted by atomic mass is 35.5. The van der Waals surface area contributed by atoms with Gasteiger partial charge in [0, 0.05) is 29.2 Å². The quantitative estimate of drug-likeness (QED) is 0.758. The number of nitriles is 1. The first kappa shape index (κ1) is 20.5. The maximum atomic E-state index is 13.4. The van der Waals surface area contributed by atoms with E-state index in [1.807, 2.05) is 6.07 Å². The van der Waals surface area contributed by atoms with Gasteiger partial charge < -0.3 is 10.1 Å². The summed E-state index contributed by atoms with van der Waals surface area (Å²) in [6.07, 6.45) is 2.05. The number of rotatable bonds is 4. The van der Waals surface area contributed by atoms with Gasteiger partial charge >= 0.3 is 0 Å². The molecule has 9 heteroatoms. The highest BCUT2D eigenvalue weighted by Gasteiger charge is 2.41. The zero-order valence-electron chi connectivity index (χ0n) is 15.4. The molecule has 0 aromatic heterocycles. The van der Waals surface area contributed by atoms with Gasteiger partial charge in [0.2, 0.25) is 10.0 Å². The second-order valence-electron chi connectivity index (χ2n) is 7.27. The normalized spacial score (nSPS) is 22.1. The van der Waals surface area contributed by atoms with E-state index in [0.29, 0.717) is 34.8 Å². The van der Waals surface area contributed by atoms with Crippen LogP contribution in [-0.2, 0) is 10.0 Å². The van der Waals surface area contributed by atoms with Gasteiger partial charge in [-0.05, 0) is 61.7 Å². The Morgan fingerprint density at radius 1 is 1.14 bits per heavy atom. The van der Waals surface area contributed by atoms with Crippen molar-refractivity contribution in [3.05, 3.63) is 52.0 Å². The van der Waals surface area contributed by atoms with Crippen molar-refractivity contribution in [3.8, 4) is 17.6 Å². The lowest BCUT2D eigenvalue weighted by molar-refractivity contribution is 0.339. The molecule has 4 rings (SSSR count). The number of sulfonamides is 1. The number of nitrogens with zero attached hydrogens (tertiary/aromatic N) is 2. The predicted octanol–water partition coefficient (Wildman–Crippen LogP) is 4.03. The van der Waals surface area contributed by atoms with Crippen LogP contribution in [0.2, 0.25) is 10.0 Å². The van der Waals surface area contributed by atoms with Crippen molar-refractivity contribution in [2.45, 2.75) is 23.8 Å². The first-order valence-electron chi connectivity index (χ1n) is 9.28. The summed E-state index contributed by atoms with van der Waals surface area (Å²) in [5.74, 6) is 0.749. The van der Waals surface area contributed by atoms with Gasteiger partial charge in [0.1, 0.15) is 16.4 Å². The van der Waals surface area contributed by atoms with Crippen LogP contribution >= 0.6 is 23.2 Å². The van der Waals surface area contributed by atoms with E-state index in [2.05, 4.69) is 5.32 Å². The van der Waals surface area contributed by atoms with Crippen LogP contribution in [0.15, 0.2) is 41.3 Å². The predicted molar refractivity (Wildman–Crippen MR) is 111 cm³/mol. The molecule has 0 amide bonds. The monoisotopic (exact) mass is 451 g/mol. The SMILES string of the molecule is N#Cc1ccc(Oc2cc(Cl)cc(Cl)c2)c(S(=O)(=O)N2C[C@H]3CCCN[C@H]3C2)c1. The second-order valence-corrected chi connectivity index (χ2v) is 10.0. The van der Waals surface area contributed by atoms with Gasteiger partial charge in [-0.3, -0.25) is 0 Å². The smallest absolute Gasteiger partial charge is 0.246 e. The van der Waals surface area contributed by atoms with E-state index >= 15 is 0 Å². The topological polar surface area (TPSA) is 82.4 Å². The Balaban J connectivity index is 1.71. The second kappa shape index (κ2) is 8.13. The minimum atomic E-state index is -3.85. The Morgan fingerprint density at radius 2 is 1.90 bits per heavy atom. The van der Waals surface area contributed by atoms with E-state index in [1.165, 1.54) is 22.5 Å². The molecule has 0 aliphatic carbocycles. The molecule has 152 valence electrons. The number of hydrogen-bond acceptors (Lipinski definition) is 5. The Bertz CT molecular complexity index is 1050. The third-order valence-corrected chi connectivity index (χ3v) is 7.61. The average molecular weight is 452 g/mol. The largest absolute Gasteiger partial charge is 0.456 e. The molecule has 6 nitrogen and oxygen atoms in total. The molecule has 2 aliphatic rings. The van der Waals surface area contributed by atoms with Crippen LogP contribution in [0.5, 0.6) is 11.5 Å². The van der Waals surface area contributed by atoms with E-state index in [0.717, 1.165) is 19.4 Å². The fraction of sp³-hybridized carbons (Fsp3) is 0.350. The fourth-order valence-corrected chi connectivity index (χ4v) is 6.09. The Kier molecular flexibility index (Phi) is 5.74. The summed E-state index contributed by atoms with van der Waals surface area (Å²) in [6.45, 7) is 1.77. The number of halogens is 2. The maximum absolute atomic E-state index is 13.4. The molecule has 2 fully saturated rings. The van der Waals surface area contributed by atoms with Crippen LogP contribution < -0.4 is 10.1 Å². The van der Waals surface area contributed by atoms with Gasteiger partial charge in [0.05, 0.1) is 11.6 Å². The average Bonchev–Trinajstić information content (AvgIpc) is 3.12. The third-order valence-electron chi connectivity index (χ3n) is 5.32. The number of hydrogen-bond donors (Lipinski definition) is 1. The number of fused-ring (bicyclic) bond motifs is 1. The van der Waals surface area contributed by atoms with E-state index in [1.54, 1.807) is 18.2 Å². The van der Waals surface area contributed by atoms with Gasteiger partial charge in [0.25, 0.3) is 0 Å². The molecule has 0 radical (unpaired) electrons. The lowest BCUT2D eigenvalue weighted by Crippen LogP contribution is -2.41. The van der Waals surface area contributed by atoms with Crippen LogP contribution in [0.25, 0.3) is 0 Å². The van der Waals surface area contributed by atoms with Crippen molar-refractivity contribution in [2.75, 3.05) is 19.6 Å². The van der Waals surface area contributed by atoms with Crippen LogP contribution in [-0.4, -0.2) is 38.4 Å². The maximum Gasteiger partial charge on any atom is 0.246 e. The molecule has 2 aromatic rings. The van der Waals surface area contributed by atoms with Gasteiger partial charge in [-0.1, -0.05) is 23.2 Å². The first-order valence-corrected chi connectivity index (χ1v) is 11.5. The summed E-state index contributed by atoms with van der Waals surface area (Å²) in [6, 6.07) is 11.2. The highest BCUT2D eigenvalue weighted by Crippen LogP contribution is 2.36. The summed E-state index contributed by atoms with van der Waals surface area (Å²) in [7, 11) is -3.85. The zero-order chi connectivity index (χ0) is 20.6. The van der Waals surface area contributed by atoms with Crippen LogP contribution in [0.4, 0.5) is 0 Å². The number of piperidine rings is 1. The summed E-state index contributed by atoms with van der Waals surface area (Å²) >= 11 is 12.1. The van der Waals surface area contributed by atoms with E-state index in [4.69, 9.17) is 27.9 Å². The molecule has 0 unspecified atom stereocenters. The molecular weight excluding hydrogens is 433 g/mol. The fourth-order valence-electron chi connectivity index (χ4n) is 3.92. The number of ether oxygens (including phenoxy) is 1. The summed E-state index contributed by atoms with van der Waals surface area (Å²) in [5, 5.41) is 13.4. The molecule has 0 bridgehead atoms.